The molecule has 7 heteroatoms. The number of amides is 2. The van der Waals surface area contributed by atoms with Crippen molar-refractivity contribution in [2.24, 2.45) is 5.92 Å². The van der Waals surface area contributed by atoms with Crippen LogP contribution in [-0.4, -0.2) is 38.0 Å². The highest BCUT2D eigenvalue weighted by molar-refractivity contribution is 6.09. The zero-order chi connectivity index (χ0) is 17.8. The summed E-state index contributed by atoms with van der Waals surface area (Å²) in [5.74, 6) is 0.158. The molecule has 0 bridgehead atoms. The first-order chi connectivity index (χ1) is 12.1. The SMILES string of the molecule is CC1CNCCC1NC(=O)c1ccccc1N(C)C(=O)c1ccco1.Cl. The van der Waals surface area contributed by atoms with E-state index < -0.39 is 0 Å². The van der Waals surface area contributed by atoms with Gasteiger partial charge in [0.15, 0.2) is 5.76 Å². The highest BCUT2D eigenvalue weighted by atomic mass is 35.5. The summed E-state index contributed by atoms with van der Waals surface area (Å²) >= 11 is 0. The van der Waals surface area contributed by atoms with Crippen LogP contribution >= 0.6 is 12.4 Å². The van der Waals surface area contributed by atoms with E-state index in [0.29, 0.717) is 17.2 Å². The molecule has 2 N–H and O–H groups in total. The van der Waals surface area contributed by atoms with Crippen LogP contribution in [0.15, 0.2) is 47.1 Å². The van der Waals surface area contributed by atoms with Crippen molar-refractivity contribution < 1.29 is 14.0 Å². The van der Waals surface area contributed by atoms with Crippen LogP contribution < -0.4 is 15.5 Å². The number of para-hydroxylation sites is 1. The predicted octanol–water partition coefficient (Wildman–Crippen LogP) is 2.71. The second-order valence-electron chi connectivity index (χ2n) is 6.41. The summed E-state index contributed by atoms with van der Waals surface area (Å²) in [7, 11) is 1.64. The second kappa shape index (κ2) is 8.87. The lowest BCUT2D eigenvalue weighted by Gasteiger charge is -2.30. The van der Waals surface area contributed by atoms with Crippen molar-refractivity contribution in [3.05, 3.63) is 54.0 Å². The van der Waals surface area contributed by atoms with Crippen LogP contribution in [0.25, 0.3) is 0 Å². The maximum Gasteiger partial charge on any atom is 0.293 e. The zero-order valence-electron chi connectivity index (χ0n) is 14.9. The summed E-state index contributed by atoms with van der Waals surface area (Å²) in [4.78, 5) is 26.8. The van der Waals surface area contributed by atoms with Gasteiger partial charge in [-0.3, -0.25) is 9.59 Å². The second-order valence-corrected chi connectivity index (χ2v) is 6.41. The molecule has 1 aliphatic heterocycles. The molecule has 0 saturated carbocycles. The van der Waals surface area contributed by atoms with Crippen molar-refractivity contribution in [3.8, 4) is 0 Å². The fourth-order valence-corrected chi connectivity index (χ4v) is 3.11. The van der Waals surface area contributed by atoms with Crippen molar-refractivity contribution in [3.63, 3.8) is 0 Å². The van der Waals surface area contributed by atoms with E-state index in [1.165, 1.54) is 11.2 Å². The van der Waals surface area contributed by atoms with E-state index in [-0.39, 0.29) is 36.0 Å². The number of furan rings is 1. The Morgan fingerprint density at radius 2 is 2.00 bits per heavy atom. The number of nitrogens with one attached hydrogen (secondary N) is 2. The van der Waals surface area contributed by atoms with Gasteiger partial charge in [0.2, 0.25) is 0 Å². The van der Waals surface area contributed by atoms with Gasteiger partial charge in [-0.25, -0.2) is 0 Å². The Bertz CT molecular complexity index is 748. The Morgan fingerprint density at radius 3 is 2.69 bits per heavy atom. The maximum atomic E-state index is 12.8. The molecule has 1 aliphatic rings. The Kier molecular flexibility index (Phi) is 6.83. The van der Waals surface area contributed by atoms with Gasteiger partial charge in [-0.15, -0.1) is 12.4 Å². The summed E-state index contributed by atoms with van der Waals surface area (Å²) in [6.07, 6.45) is 2.36. The average molecular weight is 378 g/mol. The highest BCUT2D eigenvalue weighted by Gasteiger charge is 2.26. The van der Waals surface area contributed by atoms with Gasteiger partial charge in [0.25, 0.3) is 11.8 Å². The molecule has 1 aromatic heterocycles. The molecule has 2 atom stereocenters. The minimum Gasteiger partial charge on any atom is -0.459 e. The number of carbonyl (C=O) groups excluding carboxylic acids is 2. The van der Waals surface area contributed by atoms with Gasteiger partial charge in [0, 0.05) is 13.1 Å². The van der Waals surface area contributed by atoms with Crippen molar-refractivity contribution in [2.45, 2.75) is 19.4 Å². The largest absolute Gasteiger partial charge is 0.459 e. The minimum absolute atomic E-state index is 0. The Balaban J connectivity index is 0.00000243. The fraction of sp³-hybridized carbons (Fsp3) is 0.368. The summed E-state index contributed by atoms with van der Waals surface area (Å²) in [6.45, 7) is 3.91. The van der Waals surface area contributed by atoms with Crippen LogP contribution in [0.5, 0.6) is 0 Å². The third kappa shape index (κ3) is 4.26. The third-order valence-electron chi connectivity index (χ3n) is 4.65. The average Bonchev–Trinajstić information content (AvgIpc) is 3.17. The quantitative estimate of drug-likeness (QED) is 0.859. The number of hydrogen-bond donors (Lipinski definition) is 2. The Morgan fingerprint density at radius 1 is 1.23 bits per heavy atom. The van der Waals surface area contributed by atoms with Gasteiger partial charge in [-0.1, -0.05) is 19.1 Å². The molecule has 6 nitrogen and oxygen atoms in total. The lowest BCUT2D eigenvalue weighted by Crippen LogP contribution is -2.48. The van der Waals surface area contributed by atoms with Gasteiger partial charge in [-0.2, -0.15) is 0 Å². The number of halogens is 1. The molecule has 0 spiro atoms. The Hall–Kier alpha value is -2.31. The summed E-state index contributed by atoms with van der Waals surface area (Å²) in [5, 5.41) is 6.44. The lowest BCUT2D eigenvalue weighted by atomic mass is 9.95. The maximum absolute atomic E-state index is 12.8. The molecular formula is C19H24ClN3O3. The number of anilines is 1. The van der Waals surface area contributed by atoms with Crippen molar-refractivity contribution >= 4 is 29.9 Å². The predicted molar refractivity (Wildman–Crippen MR) is 103 cm³/mol. The number of nitrogens with zero attached hydrogens (tertiary/aromatic N) is 1. The van der Waals surface area contributed by atoms with E-state index in [9.17, 15) is 9.59 Å². The smallest absolute Gasteiger partial charge is 0.293 e. The first kappa shape index (κ1) is 20.0. The molecule has 2 unspecified atom stereocenters. The fourth-order valence-electron chi connectivity index (χ4n) is 3.11. The van der Waals surface area contributed by atoms with Crippen LogP contribution in [0.1, 0.15) is 34.3 Å². The third-order valence-corrected chi connectivity index (χ3v) is 4.65. The van der Waals surface area contributed by atoms with Crippen LogP contribution in [0.4, 0.5) is 5.69 Å². The van der Waals surface area contributed by atoms with Crippen molar-refractivity contribution in [1.82, 2.24) is 10.6 Å². The molecule has 2 heterocycles. The first-order valence-electron chi connectivity index (χ1n) is 8.50. The molecule has 26 heavy (non-hydrogen) atoms. The normalized spacial score (nSPS) is 19.3. The molecule has 1 saturated heterocycles. The molecule has 140 valence electrons. The molecule has 0 radical (unpaired) electrons. The van der Waals surface area contributed by atoms with E-state index in [2.05, 4.69) is 17.6 Å². The van der Waals surface area contributed by atoms with Gasteiger partial charge in [-0.05, 0) is 49.7 Å². The van der Waals surface area contributed by atoms with E-state index >= 15 is 0 Å². The molecule has 2 amide bonds. The summed E-state index contributed by atoms with van der Waals surface area (Å²) in [6, 6.07) is 10.5. The molecule has 3 rings (SSSR count). The van der Waals surface area contributed by atoms with Crippen molar-refractivity contribution in [2.75, 3.05) is 25.0 Å². The monoisotopic (exact) mass is 377 g/mol. The van der Waals surface area contributed by atoms with Crippen LogP contribution in [0.2, 0.25) is 0 Å². The van der Waals surface area contributed by atoms with E-state index in [1.54, 1.807) is 37.4 Å². The van der Waals surface area contributed by atoms with Crippen molar-refractivity contribution in [1.29, 1.82) is 0 Å². The number of benzene rings is 1. The van der Waals surface area contributed by atoms with E-state index in [4.69, 9.17) is 4.42 Å². The van der Waals surface area contributed by atoms with E-state index in [0.717, 1.165) is 19.5 Å². The Labute approximate surface area is 159 Å². The minimum atomic E-state index is -0.291. The molecule has 0 aliphatic carbocycles. The van der Waals surface area contributed by atoms with E-state index in [1.807, 2.05) is 6.07 Å². The van der Waals surface area contributed by atoms with Crippen LogP contribution in [0, 0.1) is 5.92 Å². The highest BCUT2D eigenvalue weighted by Crippen LogP contribution is 2.22. The number of piperidine rings is 1. The van der Waals surface area contributed by atoms with Crippen LogP contribution in [-0.2, 0) is 0 Å². The summed E-state index contributed by atoms with van der Waals surface area (Å²) in [5.41, 5.74) is 1.04. The molecule has 2 aromatic rings. The van der Waals surface area contributed by atoms with Gasteiger partial charge < -0.3 is 20.0 Å². The van der Waals surface area contributed by atoms with Gasteiger partial charge in [0.1, 0.15) is 0 Å². The molecule has 1 aromatic carbocycles. The zero-order valence-corrected chi connectivity index (χ0v) is 15.7. The number of rotatable bonds is 4. The van der Waals surface area contributed by atoms with Gasteiger partial charge in [0.05, 0.1) is 17.5 Å². The topological polar surface area (TPSA) is 74.6 Å². The molecule has 1 fully saturated rings. The molecular weight excluding hydrogens is 354 g/mol. The lowest BCUT2D eigenvalue weighted by molar-refractivity contribution is 0.0914. The summed E-state index contributed by atoms with van der Waals surface area (Å²) < 4.78 is 5.18. The van der Waals surface area contributed by atoms with Gasteiger partial charge >= 0.3 is 0 Å². The number of carbonyl (C=O) groups is 2. The first-order valence-corrected chi connectivity index (χ1v) is 8.50. The number of hydrogen-bond acceptors (Lipinski definition) is 4. The standard InChI is InChI=1S/C19H23N3O3.ClH/c1-13-12-20-10-9-15(13)21-18(23)14-6-3-4-7-16(14)22(2)19(24)17-8-5-11-25-17;/h3-8,11,13,15,20H,9-10,12H2,1-2H3,(H,21,23);1H. The van der Waals surface area contributed by atoms with Crippen LogP contribution in [0.3, 0.4) is 0 Å².